The third-order valence-electron chi connectivity index (χ3n) is 3.96. The van der Waals surface area contributed by atoms with E-state index in [9.17, 15) is 4.79 Å². The lowest BCUT2D eigenvalue weighted by molar-refractivity contribution is 0.405. The van der Waals surface area contributed by atoms with Crippen molar-refractivity contribution in [2.24, 2.45) is 0 Å². The SMILES string of the molecule is O=[PH](O)O.O=c1ccc2ccccc2o1.c1ccc2c(c1)-c1ccccc1-2. The molecule has 136 valence electrons. The van der Waals surface area contributed by atoms with Gasteiger partial charge < -0.3 is 14.2 Å². The van der Waals surface area contributed by atoms with E-state index in [4.69, 9.17) is 18.8 Å². The van der Waals surface area contributed by atoms with Crippen LogP contribution < -0.4 is 5.63 Å². The Morgan fingerprint density at radius 1 is 0.630 bits per heavy atom. The Labute approximate surface area is 156 Å². The zero-order chi connectivity index (χ0) is 19.2. The van der Waals surface area contributed by atoms with Gasteiger partial charge in [0, 0.05) is 11.5 Å². The predicted molar refractivity (Wildman–Crippen MR) is 107 cm³/mol. The highest BCUT2D eigenvalue weighted by atomic mass is 31.1. The summed E-state index contributed by atoms with van der Waals surface area (Å²) in [6, 6.07) is 27.7. The minimum Gasteiger partial charge on any atom is -0.423 e. The van der Waals surface area contributed by atoms with Crippen LogP contribution in [-0.2, 0) is 4.57 Å². The van der Waals surface area contributed by atoms with E-state index in [2.05, 4.69) is 48.5 Å². The van der Waals surface area contributed by atoms with Gasteiger partial charge in [0.2, 0.25) is 0 Å². The summed E-state index contributed by atoms with van der Waals surface area (Å²) in [5.41, 5.74) is 5.92. The Kier molecular flexibility index (Phi) is 5.99. The van der Waals surface area contributed by atoms with Crippen LogP contribution in [0.15, 0.2) is 94.1 Å². The maximum Gasteiger partial charge on any atom is 0.336 e. The quantitative estimate of drug-likeness (QED) is 0.305. The largest absolute Gasteiger partial charge is 0.423 e. The van der Waals surface area contributed by atoms with E-state index in [0.29, 0.717) is 5.58 Å². The van der Waals surface area contributed by atoms with Crippen LogP contribution in [0.5, 0.6) is 0 Å². The third kappa shape index (κ3) is 4.60. The van der Waals surface area contributed by atoms with Gasteiger partial charge in [0.1, 0.15) is 5.58 Å². The van der Waals surface area contributed by atoms with E-state index < -0.39 is 8.25 Å². The second-order valence-electron chi connectivity index (χ2n) is 5.67. The zero-order valence-corrected chi connectivity index (χ0v) is 15.2. The molecule has 0 fully saturated rings. The van der Waals surface area contributed by atoms with Crippen LogP contribution in [0.4, 0.5) is 0 Å². The lowest BCUT2D eigenvalue weighted by Crippen LogP contribution is -1.96. The Bertz CT molecular complexity index is 1050. The standard InChI is InChI=1S/C12H8.C9H6O2.H3O3P/c1-2-6-10-9(5-1)11-7-3-4-8-12(10)11;10-9-6-5-7-3-1-2-4-8(7)11-9;1-4(2)3/h1-8H;1-6H;4H,(H2,1,2,3). The molecule has 1 aromatic heterocycles. The van der Waals surface area contributed by atoms with Crippen molar-refractivity contribution in [1.29, 1.82) is 0 Å². The van der Waals surface area contributed by atoms with Crippen LogP contribution >= 0.6 is 8.25 Å². The molecule has 2 N–H and O–H groups in total. The molecule has 6 heteroatoms. The number of benzene rings is 3. The lowest BCUT2D eigenvalue weighted by Gasteiger charge is -2.22. The highest BCUT2D eigenvalue weighted by molar-refractivity contribution is 7.30. The highest BCUT2D eigenvalue weighted by Gasteiger charge is 2.19. The summed E-state index contributed by atoms with van der Waals surface area (Å²) in [5.74, 6) is 0. The first-order valence-electron chi connectivity index (χ1n) is 8.16. The van der Waals surface area contributed by atoms with Gasteiger partial charge in [-0.15, -0.1) is 0 Å². The average molecular weight is 380 g/mol. The summed E-state index contributed by atoms with van der Waals surface area (Å²) in [6.07, 6.45) is 0. The molecule has 0 unspecified atom stereocenters. The van der Waals surface area contributed by atoms with Crippen molar-refractivity contribution in [1.82, 2.24) is 0 Å². The molecule has 1 aliphatic carbocycles. The van der Waals surface area contributed by atoms with Gasteiger partial charge in [-0.05, 0) is 34.4 Å². The normalized spacial score (nSPS) is 10.5. The summed E-state index contributed by atoms with van der Waals surface area (Å²) in [6.45, 7) is 0. The highest BCUT2D eigenvalue weighted by Crippen LogP contribution is 2.46. The molecule has 1 heterocycles. The predicted octanol–water partition coefficient (Wildman–Crippen LogP) is 4.49. The maximum absolute atomic E-state index is 10.7. The fourth-order valence-corrected chi connectivity index (χ4v) is 2.85. The molecule has 5 rings (SSSR count). The minimum atomic E-state index is -3.13. The van der Waals surface area contributed by atoms with Crippen LogP contribution in [0.3, 0.4) is 0 Å². The third-order valence-corrected chi connectivity index (χ3v) is 3.96. The lowest BCUT2D eigenvalue weighted by atomic mass is 9.81. The van der Waals surface area contributed by atoms with E-state index in [-0.39, 0.29) is 5.63 Å². The van der Waals surface area contributed by atoms with Crippen molar-refractivity contribution in [2.45, 2.75) is 0 Å². The molecule has 0 atom stereocenters. The van der Waals surface area contributed by atoms with Crippen LogP contribution in [-0.4, -0.2) is 9.79 Å². The second-order valence-corrected chi connectivity index (χ2v) is 6.23. The van der Waals surface area contributed by atoms with Crippen molar-refractivity contribution >= 4 is 19.2 Å². The summed E-state index contributed by atoms with van der Waals surface area (Å²) >= 11 is 0. The van der Waals surface area contributed by atoms with Gasteiger partial charge in [-0.2, -0.15) is 0 Å². The number of fused-ring (bicyclic) bond motifs is 5. The average Bonchev–Trinajstić information content (AvgIpc) is 2.66. The van der Waals surface area contributed by atoms with Gasteiger partial charge in [-0.1, -0.05) is 66.7 Å². The molecule has 5 nitrogen and oxygen atoms in total. The molecular formula is C21H17O5P. The molecule has 0 radical (unpaired) electrons. The summed E-state index contributed by atoms with van der Waals surface area (Å²) in [5, 5.41) is 0.951. The van der Waals surface area contributed by atoms with E-state index >= 15 is 0 Å². The maximum atomic E-state index is 10.7. The Hall–Kier alpha value is -2.98. The molecule has 0 spiro atoms. The number of rotatable bonds is 0. The molecule has 3 aromatic carbocycles. The summed E-state index contributed by atoms with van der Waals surface area (Å²) < 4.78 is 13.6. The van der Waals surface area contributed by atoms with Gasteiger partial charge in [0.15, 0.2) is 0 Å². The van der Waals surface area contributed by atoms with Crippen molar-refractivity contribution in [3.8, 4) is 22.3 Å². The fourth-order valence-electron chi connectivity index (χ4n) is 2.85. The van der Waals surface area contributed by atoms with Gasteiger partial charge in [-0.25, -0.2) is 4.79 Å². The Balaban J connectivity index is 0.000000131. The van der Waals surface area contributed by atoms with Crippen molar-refractivity contribution < 1.29 is 18.8 Å². The van der Waals surface area contributed by atoms with Gasteiger partial charge >= 0.3 is 13.9 Å². The van der Waals surface area contributed by atoms with E-state index in [1.165, 1.54) is 28.3 Å². The number of para-hydroxylation sites is 1. The Morgan fingerprint density at radius 2 is 1.04 bits per heavy atom. The van der Waals surface area contributed by atoms with Gasteiger partial charge in [0.25, 0.3) is 0 Å². The first-order chi connectivity index (χ1) is 13.1. The van der Waals surface area contributed by atoms with E-state index in [0.717, 1.165) is 5.39 Å². The van der Waals surface area contributed by atoms with Crippen LogP contribution in [0.25, 0.3) is 33.2 Å². The van der Waals surface area contributed by atoms with Gasteiger partial charge in [-0.3, -0.25) is 4.57 Å². The van der Waals surface area contributed by atoms with E-state index in [1.54, 1.807) is 12.1 Å². The van der Waals surface area contributed by atoms with Gasteiger partial charge in [0.05, 0.1) is 0 Å². The second kappa shape index (κ2) is 8.60. The fraction of sp³-hybridized carbons (Fsp3) is 0. The molecule has 0 bridgehead atoms. The molecule has 0 aliphatic heterocycles. The minimum absolute atomic E-state index is 0.302. The first kappa shape index (κ1) is 18.8. The van der Waals surface area contributed by atoms with Crippen molar-refractivity contribution in [2.75, 3.05) is 0 Å². The molecule has 0 saturated heterocycles. The van der Waals surface area contributed by atoms with Crippen LogP contribution in [0.2, 0.25) is 0 Å². The monoisotopic (exact) mass is 380 g/mol. The number of hydrogen-bond acceptors (Lipinski definition) is 3. The number of hydrogen-bond donors (Lipinski definition) is 2. The topological polar surface area (TPSA) is 87.7 Å². The van der Waals surface area contributed by atoms with Crippen molar-refractivity contribution in [3.05, 3.63) is 95.3 Å². The van der Waals surface area contributed by atoms with Crippen LogP contribution in [0, 0.1) is 0 Å². The molecule has 4 aromatic rings. The summed E-state index contributed by atoms with van der Waals surface area (Å²) in [4.78, 5) is 25.0. The molecule has 0 amide bonds. The van der Waals surface area contributed by atoms with Crippen molar-refractivity contribution in [3.63, 3.8) is 0 Å². The van der Waals surface area contributed by atoms with Crippen LogP contribution in [0.1, 0.15) is 0 Å². The Morgan fingerprint density at radius 3 is 1.52 bits per heavy atom. The molecular weight excluding hydrogens is 363 g/mol. The molecule has 1 aliphatic rings. The first-order valence-corrected chi connectivity index (χ1v) is 9.46. The summed E-state index contributed by atoms with van der Waals surface area (Å²) in [7, 11) is -3.13. The van der Waals surface area contributed by atoms with E-state index in [1.807, 2.05) is 18.2 Å². The molecule has 0 saturated carbocycles. The molecule has 27 heavy (non-hydrogen) atoms. The zero-order valence-electron chi connectivity index (χ0n) is 14.2. The smallest absolute Gasteiger partial charge is 0.336 e.